The third-order valence-electron chi connectivity index (χ3n) is 3.23. The molecule has 0 aliphatic carbocycles. The fraction of sp³-hybridized carbons (Fsp3) is 0.500. The molecule has 0 aromatic heterocycles. The maximum Gasteiger partial charge on any atom is 0.239 e. The molecule has 0 aliphatic heterocycles. The normalized spacial score (nSPS) is 13.9. The van der Waals surface area contributed by atoms with Gasteiger partial charge in [0, 0.05) is 26.3 Å². The SMILES string of the molecule is COCCC(N)C(=O)N(C)C(C)c1ccccc1F. The van der Waals surface area contributed by atoms with Gasteiger partial charge in [-0.25, -0.2) is 4.39 Å². The number of nitrogens with two attached hydrogens (primary N) is 1. The predicted molar refractivity (Wildman–Crippen MR) is 72.1 cm³/mol. The summed E-state index contributed by atoms with van der Waals surface area (Å²) < 4.78 is 18.6. The summed E-state index contributed by atoms with van der Waals surface area (Å²) in [6, 6.07) is 5.44. The number of likely N-dealkylation sites (N-methyl/N-ethyl adjacent to an activating group) is 1. The lowest BCUT2D eigenvalue weighted by Gasteiger charge is -2.28. The van der Waals surface area contributed by atoms with Crippen molar-refractivity contribution in [3.05, 3.63) is 35.6 Å². The molecule has 0 heterocycles. The summed E-state index contributed by atoms with van der Waals surface area (Å²) in [4.78, 5) is 13.6. The van der Waals surface area contributed by atoms with Crippen molar-refractivity contribution in [2.75, 3.05) is 20.8 Å². The Balaban J connectivity index is 2.74. The first-order valence-corrected chi connectivity index (χ1v) is 6.24. The fourth-order valence-corrected chi connectivity index (χ4v) is 1.84. The molecule has 19 heavy (non-hydrogen) atoms. The first-order valence-electron chi connectivity index (χ1n) is 6.24. The van der Waals surface area contributed by atoms with Gasteiger partial charge in [-0.15, -0.1) is 0 Å². The van der Waals surface area contributed by atoms with Crippen LogP contribution in [0.1, 0.15) is 24.9 Å². The second-order valence-corrected chi connectivity index (χ2v) is 4.53. The molecule has 1 amide bonds. The van der Waals surface area contributed by atoms with Gasteiger partial charge >= 0.3 is 0 Å². The van der Waals surface area contributed by atoms with E-state index in [9.17, 15) is 9.18 Å². The Hall–Kier alpha value is -1.46. The minimum Gasteiger partial charge on any atom is -0.385 e. The van der Waals surface area contributed by atoms with Gasteiger partial charge in [-0.05, 0) is 19.4 Å². The Labute approximate surface area is 113 Å². The van der Waals surface area contributed by atoms with Crippen LogP contribution in [0.25, 0.3) is 0 Å². The number of nitrogens with zero attached hydrogens (tertiary/aromatic N) is 1. The smallest absolute Gasteiger partial charge is 0.239 e. The summed E-state index contributed by atoms with van der Waals surface area (Å²) in [6.07, 6.45) is 0.448. The van der Waals surface area contributed by atoms with Crippen molar-refractivity contribution < 1.29 is 13.9 Å². The number of ether oxygens (including phenoxy) is 1. The number of halogens is 1. The van der Waals surface area contributed by atoms with E-state index in [-0.39, 0.29) is 17.8 Å². The lowest BCUT2D eigenvalue weighted by atomic mass is 10.1. The number of benzene rings is 1. The molecule has 1 aromatic rings. The number of amides is 1. The number of methoxy groups -OCH3 is 1. The van der Waals surface area contributed by atoms with Crippen molar-refractivity contribution >= 4 is 5.91 Å². The number of rotatable bonds is 6. The third-order valence-corrected chi connectivity index (χ3v) is 3.23. The summed E-state index contributed by atoms with van der Waals surface area (Å²) in [5.41, 5.74) is 6.28. The average molecular weight is 268 g/mol. The molecule has 0 spiro atoms. The molecule has 2 atom stereocenters. The largest absolute Gasteiger partial charge is 0.385 e. The van der Waals surface area contributed by atoms with Crippen LogP contribution < -0.4 is 5.73 Å². The molecule has 4 nitrogen and oxygen atoms in total. The van der Waals surface area contributed by atoms with Crippen molar-refractivity contribution in [1.82, 2.24) is 4.90 Å². The van der Waals surface area contributed by atoms with E-state index < -0.39 is 6.04 Å². The van der Waals surface area contributed by atoms with E-state index in [0.717, 1.165) is 0 Å². The van der Waals surface area contributed by atoms with Crippen LogP contribution in [0.4, 0.5) is 4.39 Å². The van der Waals surface area contributed by atoms with Gasteiger partial charge in [0.15, 0.2) is 0 Å². The Bertz CT molecular complexity index is 426. The van der Waals surface area contributed by atoms with Gasteiger partial charge in [-0.3, -0.25) is 4.79 Å². The summed E-state index contributed by atoms with van der Waals surface area (Å²) >= 11 is 0. The fourth-order valence-electron chi connectivity index (χ4n) is 1.84. The van der Waals surface area contributed by atoms with Crippen LogP contribution in [0, 0.1) is 5.82 Å². The summed E-state index contributed by atoms with van der Waals surface area (Å²) in [5, 5.41) is 0. The second kappa shape index (κ2) is 7.21. The van der Waals surface area contributed by atoms with E-state index >= 15 is 0 Å². The van der Waals surface area contributed by atoms with Gasteiger partial charge in [0.25, 0.3) is 0 Å². The zero-order valence-electron chi connectivity index (χ0n) is 11.6. The summed E-state index contributed by atoms with van der Waals surface area (Å²) in [6.45, 7) is 2.20. The van der Waals surface area contributed by atoms with Crippen LogP contribution >= 0.6 is 0 Å². The van der Waals surface area contributed by atoms with E-state index in [4.69, 9.17) is 10.5 Å². The topological polar surface area (TPSA) is 55.6 Å². The predicted octanol–water partition coefficient (Wildman–Crippen LogP) is 1.71. The van der Waals surface area contributed by atoms with E-state index in [0.29, 0.717) is 18.6 Å². The molecule has 2 N–H and O–H groups in total. The van der Waals surface area contributed by atoms with Crippen molar-refractivity contribution in [3.63, 3.8) is 0 Å². The molecule has 0 bridgehead atoms. The van der Waals surface area contributed by atoms with Crippen LogP contribution in [-0.2, 0) is 9.53 Å². The van der Waals surface area contributed by atoms with Crippen LogP contribution in [0.2, 0.25) is 0 Å². The highest BCUT2D eigenvalue weighted by Crippen LogP contribution is 2.22. The number of carbonyl (C=O) groups is 1. The highest BCUT2D eigenvalue weighted by Gasteiger charge is 2.24. The molecule has 0 fully saturated rings. The minimum atomic E-state index is -0.626. The molecule has 0 radical (unpaired) electrons. The van der Waals surface area contributed by atoms with E-state index in [2.05, 4.69) is 0 Å². The lowest BCUT2D eigenvalue weighted by Crippen LogP contribution is -2.43. The minimum absolute atomic E-state index is 0.215. The van der Waals surface area contributed by atoms with Crippen LogP contribution in [0.5, 0.6) is 0 Å². The van der Waals surface area contributed by atoms with Crippen molar-refractivity contribution in [2.45, 2.75) is 25.4 Å². The first-order chi connectivity index (χ1) is 8.99. The van der Waals surface area contributed by atoms with E-state index in [1.54, 1.807) is 39.3 Å². The van der Waals surface area contributed by atoms with Gasteiger partial charge in [-0.1, -0.05) is 18.2 Å². The molecule has 5 heteroatoms. The van der Waals surface area contributed by atoms with Crippen LogP contribution in [-0.4, -0.2) is 37.6 Å². The van der Waals surface area contributed by atoms with Crippen molar-refractivity contribution in [2.24, 2.45) is 5.73 Å². The van der Waals surface area contributed by atoms with Gasteiger partial charge in [0.1, 0.15) is 5.82 Å². The van der Waals surface area contributed by atoms with E-state index in [1.807, 2.05) is 0 Å². The van der Waals surface area contributed by atoms with Crippen LogP contribution in [0.3, 0.4) is 0 Å². The Morgan fingerprint density at radius 3 is 2.68 bits per heavy atom. The van der Waals surface area contributed by atoms with Gasteiger partial charge in [0.2, 0.25) is 5.91 Å². The van der Waals surface area contributed by atoms with E-state index in [1.165, 1.54) is 11.0 Å². The molecule has 0 saturated heterocycles. The van der Waals surface area contributed by atoms with Crippen LogP contribution in [0.15, 0.2) is 24.3 Å². The highest BCUT2D eigenvalue weighted by molar-refractivity contribution is 5.81. The number of hydrogen-bond acceptors (Lipinski definition) is 3. The van der Waals surface area contributed by atoms with Gasteiger partial charge < -0.3 is 15.4 Å². The number of carbonyl (C=O) groups excluding carboxylic acids is 1. The third kappa shape index (κ3) is 4.01. The summed E-state index contributed by atoms with van der Waals surface area (Å²) in [5.74, 6) is -0.534. The zero-order valence-corrected chi connectivity index (χ0v) is 11.6. The van der Waals surface area contributed by atoms with Gasteiger partial charge in [0.05, 0.1) is 12.1 Å². The first kappa shape index (κ1) is 15.6. The molecule has 1 aromatic carbocycles. The molecule has 106 valence electrons. The Kier molecular flexibility index (Phi) is 5.92. The number of hydrogen-bond donors (Lipinski definition) is 1. The van der Waals surface area contributed by atoms with Crippen molar-refractivity contribution in [3.8, 4) is 0 Å². The lowest BCUT2D eigenvalue weighted by molar-refractivity contribution is -0.133. The second-order valence-electron chi connectivity index (χ2n) is 4.53. The Morgan fingerprint density at radius 1 is 1.47 bits per heavy atom. The van der Waals surface area contributed by atoms with Gasteiger partial charge in [-0.2, -0.15) is 0 Å². The maximum absolute atomic E-state index is 13.7. The molecular formula is C14H21FN2O2. The molecule has 1 rings (SSSR count). The molecule has 0 saturated carbocycles. The maximum atomic E-state index is 13.7. The Morgan fingerprint density at radius 2 is 2.11 bits per heavy atom. The zero-order chi connectivity index (χ0) is 14.4. The molecular weight excluding hydrogens is 247 g/mol. The average Bonchev–Trinajstić information content (AvgIpc) is 2.42. The van der Waals surface area contributed by atoms with Crippen molar-refractivity contribution in [1.29, 1.82) is 0 Å². The highest BCUT2D eigenvalue weighted by atomic mass is 19.1. The monoisotopic (exact) mass is 268 g/mol. The standard InChI is InChI=1S/C14H21FN2O2/c1-10(11-6-4-5-7-12(11)15)17(2)14(18)13(16)8-9-19-3/h4-7,10,13H,8-9,16H2,1-3H3. The molecule has 2 unspecified atom stereocenters. The quantitative estimate of drug-likeness (QED) is 0.854. The molecule has 0 aliphatic rings. The summed E-state index contributed by atoms with van der Waals surface area (Å²) in [7, 11) is 3.19.